The number of nitrogens with zero attached hydrogens (tertiary/aromatic N) is 1. The van der Waals surface area contributed by atoms with Crippen LogP contribution in [0.25, 0.3) is 0 Å². The van der Waals surface area contributed by atoms with Gasteiger partial charge in [-0.05, 0) is 41.8 Å². The lowest BCUT2D eigenvalue weighted by molar-refractivity contribution is -0.146. The maximum atomic E-state index is 12.9. The number of rotatable bonds is 4. The molecule has 2 heterocycles. The molecule has 0 N–H and O–H groups in total. The number of hydrogen-bond donors (Lipinski definition) is 0. The smallest absolute Gasteiger partial charge is 0.311 e. The Labute approximate surface area is 169 Å². The Bertz CT molecular complexity index is 1000. The van der Waals surface area contributed by atoms with E-state index in [1.54, 1.807) is 28.8 Å². The average Bonchev–Trinajstić information content (AvgIpc) is 3.17. The number of ether oxygens (including phenoxy) is 1. The summed E-state index contributed by atoms with van der Waals surface area (Å²) in [5, 5.41) is 2.44. The summed E-state index contributed by atoms with van der Waals surface area (Å²) in [5.41, 5.74) is 1.46. The Hall–Kier alpha value is -2.28. The zero-order valence-corrected chi connectivity index (χ0v) is 16.4. The first-order chi connectivity index (χ1) is 13.1. The van der Waals surface area contributed by atoms with Crippen molar-refractivity contribution < 1.29 is 14.3 Å². The van der Waals surface area contributed by atoms with Crippen LogP contribution in [0.15, 0.2) is 69.8 Å². The van der Waals surface area contributed by atoms with Gasteiger partial charge in [-0.1, -0.05) is 41.6 Å². The third-order valence-corrected chi connectivity index (χ3v) is 6.23. The molecule has 0 atom stereocenters. The van der Waals surface area contributed by atoms with Gasteiger partial charge in [0.25, 0.3) is 5.91 Å². The number of hydrogen-bond acceptors (Lipinski definition) is 5. The maximum absolute atomic E-state index is 12.9. The molecule has 4 rings (SSSR count). The maximum Gasteiger partial charge on any atom is 0.311 e. The Kier molecular flexibility index (Phi) is 5.20. The van der Waals surface area contributed by atoms with Gasteiger partial charge in [0.15, 0.2) is 6.61 Å². The number of amides is 1. The minimum Gasteiger partial charge on any atom is -0.455 e. The highest BCUT2D eigenvalue weighted by molar-refractivity contribution is 7.99. The van der Waals surface area contributed by atoms with Crippen LogP contribution in [0.3, 0.4) is 0 Å². The van der Waals surface area contributed by atoms with Gasteiger partial charge in [-0.15, -0.1) is 11.3 Å². The van der Waals surface area contributed by atoms with Crippen LogP contribution in [0.5, 0.6) is 0 Å². The molecular formula is C20H14ClNO3S2. The fraction of sp³-hybridized carbons (Fsp3) is 0.100. The minimum absolute atomic E-state index is 0.166. The van der Waals surface area contributed by atoms with Gasteiger partial charge in [0.05, 0.1) is 17.8 Å². The number of carbonyl (C=O) groups excluding carboxylic acids is 2. The first-order valence-corrected chi connectivity index (χ1v) is 10.3. The minimum atomic E-state index is -0.420. The number of thiophene rings is 1. The Morgan fingerprint density at radius 2 is 1.81 bits per heavy atom. The second-order valence-electron chi connectivity index (χ2n) is 5.83. The van der Waals surface area contributed by atoms with Crippen molar-refractivity contribution in [1.29, 1.82) is 0 Å². The quantitative estimate of drug-likeness (QED) is 0.541. The molecular weight excluding hydrogens is 402 g/mol. The fourth-order valence-corrected chi connectivity index (χ4v) is 4.70. The summed E-state index contributed by atoms with van der Waals surface area (Å²) in [7, 11) is 0. The van der Waals surface area contributed by atoms with Gasteiger partial charge in [-0.2, -0.15) is 0 Å². The first-order valence-electron chi connectivity index (χ1n) is 8.19. The largest absolute Gasteiger partial charge is 0.455 e. The Balaban J connectivity index is 1.56. The monoisotopic (exact) mass is 415 g/mol. The summed E-state index contributed by atoms with van der Waals surface area (Å²) in [5.74, 6) is -0.734. The molecule has 0 aliphatic carbocycles. The van der Waals surface area contributed by atoms with E-state index in [1.807, 2.05) is 47.8 Å². The molecule has 0 spiro atoms. The standard InChI is InChI=1S/C20H14ClNO3S2/c21-13-7-8-18-16(10-13)22(15-5-1-2-6-17(15)27-18)19(23)12-25-20(24)11-14-4-3-9-26-14/h1-10H,11-12H2. The number of benzene rings is 2. The van der Waals surface area contributed by atoms with Crippen LogP contribution in [0.1, 0.15) is 4.88 Å². The highest BCUT2D eigenvalue weighted by atomic mass is 35.5. The van der Waals surface area contributed by atoms with Gasteiger partial charge >= 0.3 is 5.97 Å². The number of carbonyl (C=O) groups is 2. The summed E-state index contributed by atoms with van der Waals surface area (Å²) < 4.78 is 5.23. The number of anilines is 2. The highest BCUT2D eigenvalue weighted by Crippen LogP contribution is 2.48. The molecule has 27 heavy (non-hydrogen) atoms. The molecule has 1 aliphatic heterocycles. The third kappa shape index (κ3) is 3.88. The molecule has 136 valence electrons. The van der Waals surface area contributed by atoms with E-state index >= 15 is 0 Å². The molecule has 0 saturated heterocycles. The zero-order valence-electron chi connectivity index (χ0n) is 14.1. The molecule has 0 fully saturated rings. The second kappa shape index (κ2) is 7.76. The summed E-state index contributed by atoms with van der Waals surface area (Å²) in [4.78, 5) is 29.3. The molecule has 0 saturated carbocycles. The van der Waals surface area contributed by atoms with Crippen LogP contribution >= 0.6 is 34.7 Å². The van der Waals surface area contributed by atoms with Gasteiger partial charge in [0, 0.05) is 19.7 Å². The molecule has 7 heteroatoms. The number of halogens is 1. The third-order valence-electron chi connectivity index (χ3n) is 3.99. The van der Waals surface area contributed by atoms with Crippen molar-refractivity contribution in [3.63, 3.8) is 0 Å². The lowest BCUT2D eigenvalue weighted by Gasteiger charge is -2.31. The van der Waals surface area contributed by atoms with E-state index in [9.17, 15) is 9.59 Å². The molecule has 3 aromatic rings. The van der Waals surface area contributed by atoms with Crippen LogP contribution in [-0.4, -0.2) is 18.5 Å². The number of para-hydroxylation sites is 1. The highest BCUT2D eigenvalue weighted by Gasteiger charge is 2.29. The van der Waals surface area contributed by atoms with E-state index < -0.39 is 5.97 Å². The van der Waals surface area contributed by atoms with Gasteiger partial charge in [0.1, 0.15) is 0 Å². The van der Waals surface area contributed by atoms with Crippen LogP contribution in [0.4, 0.5) is 11.4 Å². The topological polar surface area (TPSA) is 46.6 Å². The van der Waals surface area contributed by atoms with E-state index in [0.29, 0.717) is 10.7 Å². The lowest BCUT2D eigenvalue weighted by Crippen LogP contribution is -2.32. The van der Waals surface area contributed by atoms with Crippen molar-refractivity contribution in [3.05, 3.63) is 69.9 Å². The summed E-state index contributed by atoms with van der Waals surface area (Å²) in [6.07, 6.45) is 0.166. The normalized spacial score (nSPS) is 12.3. The van der Waals surface area contributed by atoms with Crippen molar-refractivity contribution in [2.45, 2.75) is 16.2 Å². The zero-order chi connectivity index (χ0) is 18.8. The van der Waals surface area contributed by atoms with Gasteiger partial charge in [0.2, 0.25) is 0 Å². The van der Waals surface area contributed by atoms with Gasteiger partial charge in [-0.25, -0.2) is 0 Å². The van der Waals surface area contributed by atoms with Crippen LogP contribution in [-0.2, 0) is 20.7 Å². The molecule has 0 radical (unpaired) electrons. The van der Waals surface area contributed by atoms with Gasteiger partial charge < -0.3 is 4.74 Å². The molecule has 0 unspecified atom stereocenters. The predicted octanol–water partition coefficient (Wildman–Crippen LogP) is 5.32. The van der Waals surface area contributed by atoms with Crippen LogP contribution < -0.4 is 4.90 Å². The van der Waals surface area contributed by atoms with E-state index in [4.69, 9.17) is 16.3 Å². The van der Waals surface area contributed by atoms with E-state index in [-0.39, 0.29) is 18.9 Å². The van der Waals surface area contributed by atoms with E-state index in [1.165, 1.54) is 11.3 Å². The van der Waals surface area contributed by atoms with Crippen molar-refractivity contribution in [2.75, 3.05) is 11.5 Å². The fourth-order valence-electron chi connectivity index (χ4n) is 2.81. The van der Waals surface area contributed by atoms with Crippen molar-refractivity contribution in [3.8, 4) is 0 Å². The van der Waals surface area contributed by atoms with Crippen molar-refractivity contribution in [2.24, 2.45) is 0 Å². The summed E-state index contributed by atoms with van der Waals surface area (Å²) >= 11 is 9.21. The summed E-state index contributed by atoms with van der Waals surface area (Å²) in [6.45, 7) is -0.324. The number of fused-ring (bicyclic) bond motifs is 2. The molecule has 1 amide bonds. The van der Waals surface area contributed by atoms with Crippen LogP contribution in [0, 0.1) is 0 Å². The van der Waals surface area contributed by atoms with Gasteiger partial charge in [-0.3, -0.25) is 14.5 Å². The first kappa shape index (κ1) is 18.1. The van der Waals surface area contributed by atoms with E-state index in [0.717, 1.165) is 20.4 Å². The second-order valence-corrected chi connectivity index (χ2v) is 8.38. The molecule has 4 nitrogen and oxygen atoms in total. The molecule has 2 aromatic carbocycles. The molecule has 1 aliphatic rings. The summed E-state index contributed by atoms with van der Waals surface area (Å²) in [6, 6.07) is 16.8. The SMILES string of the molecule is O=C(Cc1cccs1)OCC(=O)N1c2ccccc2Sc2ccc(Cl)cc21. The van der Waals surface area contributed by atoms with Crippen molar-refractivity contribution >= 4 is 58.0 Å². The number of esters is 1. The predicted molar refractivity (Wildman–Crippen MR) is 108 cm³/mol. The molecule has 0 bridgehead atoms. The van der Waals surface area contributed by atoms with E-state index in [2.05, 4.69) is 0 Å². The van der Waals surface area contributed by atoms with Crippen molar-refractivity contribution in [1.82, 2.24) is 0 Å². The Morgan fingerprint density at radius 3 is 2.63 bits per heavy atom. The Morgan fingerprint density at radius 1 is 1.00 bits per heavy atom. The van der Waals surface area contributed by atoms with Crippen LogP contribution in [0.2, 0.25) is 5.02 Å². The average molecular weight is 416 g/mol. The lowest BCUT2D eigenvalue weighted by atomic mass is 10.2. The molecule has 1 aromatic heterocycles.